The lowest BCUT2D eigenvalue weighted by molar-refractivity contribution is -0.148. The number of methoxy groups -OCH3 is 1. The summed E-state index contributed by atoms with van der Waals surface area (Å²) in [5.74, 6) is -2.15. The van der Waals surface area contributed by atoms with Gasteiger partial charge >= 0.3 is 5.97 Å². The molecule has 1 heterocycles. The fraction of sp³-hybridized carbons (Fsp3) is 0.300. The maximum absolute atomic E-state index is 14.5. The molecule has 2 atom stereocenters. The normalized spacial score (nSPS) is 17.6. The van der Waals surface area contributed by atoms with Gasteiger partial charge in [-0.1, -0.05) is 29.8 Å². The maximum atomic E-state index is 14.5. The molecule has 0 saturated heterocycles. The number of hydrogen-bond donors (Lipinski definition) is 1. The minimum Gasteiger partial charge on any atom is -0.494 e. The molecule has 1 aliphatic heterocycles. The highest BCUT2D eigenvalue weighted by molar-refractivity contribution is 7.91. The third-order valence-electron chi connectivity index (χ3n) is 7.03. The fourth-order valence-electron chi connectivity index (χ4n) is 4.86. The summed E-state index contributed by atoms with van der Waals surface area (Å²) < 4.78 is 67.7. The predicted molar refractivity (Wildman–Crippen MR) is 149 cm³/mol. The Labute approximate surface area is 237 Å². The second-order valence-electron chi connectivity index (χ2n) is 10.4. The number of benzene rings is 3. The lowest BCUT2D eigenvalue weighted by atomic mass is 9.84. The first kappa shape index (κ1) is 29.6. The SMILES string of the molecule is COc1cc(S(=O)(=O)C2CC(CC(C)(C)C(=O)O)Oc3ccc(C=C(C)c4c(F)cccc4Cl)cc32)ccc1F. The van der Waals surface area contributed by atoms with Gasteiger partial charge < -0.3 is 14.6 Å². The number of carboxylic acid groups (broad SMARTS) is 1. The van der Waals surface area contributed by atoms with E-state index in [-0.39, 0.29) is 34.1 Å². The van der Waals surface area contributed by atoms with Gasteiger partial charge in [0, 0.05) is 23.6 Å². The van der Waals surface area contributed by atoms with E-state index >= 15 is 0 Å². The Morgan fingerprint density at radius 2 is 1.88 bits per heavy atom. The highest BCUT2D eigenvalue weighted by atomic mass is 35.5. The summed E-state index contributed by atoms with van der Waals surface area (Å²) in [5.41, 5.74) is 0.531. The van der Waals surface area contributed by atoms with Crippen LogP contribution >= 0.6 is 11.6 Å². The number of sulfone groups is 1. The summed E-state index contributed by atoms with van der Waals surface area (Å²) >= 11 is 6.22. The summed E-state index contributed by atoms with van der Waals surface area (Å²) in [6.45, 7) is 4.80. The van der Waals surface area contributed by atoms with Crippen LogP contribution in [0.2, 0.25) is 5.02 Å². The van der Waals surface area contributed by atoms with Crippen LogP contribution in [0.1, 0.15) is 55.6 Å². The molecule has 0 bridgehead atoms. The van der Waals surface area contributed by atoms with Gasteiger partial charge in [0.2, 0.25) is 0 Å². The van der Waals surface area contributed by atoms with Gasteiger partial charge in [-0.15, -0.1) is 0 Å². The highest BCUT2D eigenvalue weighted by Crippen LogP contribution is 2.45. The molecule has 10 heteroatoms. The van der Waals surface area contributed by atoms with E-state index in [4.69, 9.17) is 21.1 Å². The van der Waals surface area contributed by atoms with E-state index in [1.807, 2.05) is 0 Å². The molecular weight excluding hydrogens is 562 g/mol. The molecule has 3 aromatic rings. The van der Waals surface area contributed by atoms with Gasteiger partial charge in [-0.25, -0.2) is 17.2 Å². The first-order chi connectivity index (χ1) is 18.7. The average molecular weight is 591 g/mol. The van der Waals surface area contributed by atoms with Crippen LogP contribution in [0.15, 0.2) is 59.5 Å². The molecule has 212 valence electrons. The molecule has 1 aliphatic rings. The number of fused-ring (bicyclic) bond motifs is 1. The Morgan fingerprint density at radius 3 is 2.52 bits per heavy atom. The molecule has 0 aromatic heterocycles. The second-order valence-corrected chi connectivity index (χ2v) is 13.0. The third kappa shape index (κ3) is 5.86. The number of hydrogen-bond acceptors (Lipinski definition) is 5. The van der Waals surface area contributed by atoms with Crippen molar-refractivity contribution in [3.8, 4) is 11.5 Å². The van der Waals surface area contributed by atoms with Crippen LogP contribution in [0.25, 0.3) is 11.6 Å². The number of carbonyl (C=O) groups is 1. The first-order valence-corrected chi connectivity index (χ1v) is 14.4. The van der Waals surface area contributed by atoms with Gasteiger partial charge in [-0.2, -0.15) is 0 Å². The Balaban J connectivity index is 1.82. The van der Waals surface area contributed by atoms with Gasteiger partial charge in [-0.3, -0.25) is 4.79 Å². The average Bonchev–Trinajstić information content (AvgIpc) is 2.88. The zero-order valence-corrected chi connectivity index (χ0v) is 23.9. The number of rotatable bonds is 8. The van der Waals surface area contributed by atoms with Crippen LogP contribution in [-0.4, -0.2) is 32.7 Å². The van der Waals surface area contributed by atoms with Crippen molar-refractivity contribution in [1.29, 1.82) is 0 Å². The van der Waals surface area contributed by atoms with Crippen LogP contribution < -0.4 is 9.47 Å². The third-order valence-corrected chi connectivity index (χ3v) is 9.46. The van der Waals surface area contributed by atoms with Crippen molar-refractivity contribution in [2.45, 2.75) is 49.9 Å². The summed E-state index contributed by atoms with van der Waals surface area (Å²) in [4.78, 5) is 11.6. The summed E-state index contributed by atoms with van der Waals surface area (Å²) in [6.07, 6.45) is 1.000. The zero-order chi connectivity index (χ0) is 29.4. The smallest absolute Gasteiger partial charge is 0.309 e. The molecule has 0 fully saturated rings. The minimum absolute atomic E-state index is 0.0307. The van der Waals surface area contributed by atoms with Gasteiger partial charge in [0.05, 0.1) is 27.7 Å². The highest BCUT2D eigenvalue weighted by Gasteiger charge is 2.41. The summed E-state index contributed by atoms with van der Waals surface area (Å²) in [5, 5.41) is 8.75. The lowest BCUT2D eigenvalue weighted by Gasteiger charge is -2.35. The molecule has 40 heavy (non-hydrogen) atoms. The Hall–Kier alpha value is -3.43. The van der Waals surface area contributed by atoms with E-state index in [9.17, 15) is 27.1 Å². The molecule has 0 amide bonds. The van der Waals surface area contributed by atoms with E-state index in [1.165, 1.54) is 25.3 Å². The quantitative estimate of drug-likeness (QED) is 0.218. The Bertz CT molecular complexity index is 1580. The van der Waals surface area contributed by atoms with Crippen LogP contribution in [0.3, 0.4) is 0 Å². The maximum Gasteiger partial charge on any atom is 0.309 e. The minimum atomic E-state index is -4.12. The van der Waals surface area contributed by atoms with Crippen molar-refractivity contribution in [1.82, 2.24) is 0 Å². The van der Waals surface area contributed by atoms with Crippen molar-refractivity contribution in [2.24, 2.45) is 5.41 Å². The van der Waals surface area contributed by atoms with Crippen LogP contribution in [0, 0.1) is 17.0 Å². The van der Waals surface area contributed by atoms with Crippen LogP contribution in [0.4, 0.5) is 8.78 Å². The molecule has 0 spiro atoms. The molecule has 2 unspecified atom stereocenters. The topological polar surface area (TPSA) is 89.9 Å². The number of aliphatic carboxylic acids is 1. The lowest BCUT2D eigenvalue weighted by Crippen LogP contribution is -2.36. The molecular formula is C30H29ClF2O6S. The molecule has 1 N–H and O–H groups in total. The Morgan fingerprint density at radius 1 is 1.15 bits per heavy atom. The van der Waals surface area contributed by atoms with E-state index in [0.29, 0.717) is 22.4 Å². The van der Waals surface area contributed by atoms with Crippen molar-refractivity contribution in [2.75, 3.05) is 7.11 Å². The molecule has 0 radical (unpaired) electrons. The zero-order valence-electron chi connectivity index (χ0n) is 22.4. The van der Waals surface area contributed by atoms with Gasteiger partial charge in [0.15, 0.2) is 21.4 Å². The van der Waals surface area contributed by atoms with Gasteiger partial charge in [0.25, 0.3) is 0 Å². The number of allylic oxidation sites excluding steroid dienone is 1. The molecule has 4 rings (SSSR count). The van der Waals surface area contributed by atoms with Crippen LogP contribution in [0.5, 0.6) is 11.5 Å². The molecule has 6 nitrogen and oxygen atoms in total. The monoisotopic (exact) mass is 590 g/mol. The predicted octanol–water partition coefficient (Wildman–Crippen LogP) is 7.35. The van der Waals surface area contributed by atoms with E-state index in [0.717, 1.165) is 12.1 Å². The summed E-state index contributed by atoms with van der Waals surface area (Å²) in [7, 11) is -2.88. The van der Waals surface area contributed by atoms with E-state index in [1.54, 1.807) is 51.1 Å². The molecule has 3 aromatic carbocycles. The van der Waals surface area contributed by atoms with E-state index in [2.05, 4.69) is 0 Å². The standard InChI is InChI=1S/C30H29ClF2O6S/c1-17(28-22(31)6-5-7-24(28)33)12-18-8-11-25-21(13-18)27(14-19(39-25)16-30(2,3)29(34)35)40(36,37)20-9-10-23(32)26(15-20)38-4/h5-13,15,19,27H,14,16H2,1-4H3,(H,34,35). The number of carboxylic acids is 1. The van der Waals surface area contributed by atoms with Crippen molar-refractivity contribution < 1.29 is 36.6 Å². The van der Waals surface area contributed by atoms with Crippen molar-refractivity contribution in [3.63, 3.8) is 0 Å². The van der Waals surface area contributed by atoms with Crippen molar-refractivity contribution in [3.05, 3.63) is 87.9 Å². The van der Waals surface area contributed by atoms with Gasteiger partial charge in [-0.05, 0) is 74.7 Å². The summed E-state index contributed by atoms with van der Waals surface area (Å²) in [6, 6.07) is 12.7. The number of ether oxygens (including phenoxy) is 2. The second kappa shape index (κ2) is 11.2. The first-order valence-electron chi connectivity index (χ1n) is 12.5. The Kier molecular flexibility index (Phi) is 8.28. The molecule has 0 saturated carbocycles. The van der Waals surface area contributed by atoms with Gasteiger partial charge in [0.1, 0.15) is 17.7 Å². The largest absolute Gasteiger partial charge is 0.494 e. The fourth-order valence-corrected chi connectivity index (χ4v) is 7.02. The molecule has 0 aliphatic carbocycles. The van der Waals surface area contributed by atoms with Crippen LogP contribution in [-0.2, 0) is 14.6 Å². The van der Waals surface area contributed by atoms with Crippen molar-refractivity contribution >= 4 is 39.1 Å². The van der Waals surface area contributed by atoms with E-state index < -0.39 is 44.2 Å². The number of halogens is 3.